The predicted octanol–water partition coefficient (Wildman–Crippen LogP) is 2.42. The maximum Gasteiger partial charge on any atom is 0.268 e. The smallest absolute Gasteiger partial charge is 0.268 e. The van der Waals surface area contributed by atoms with Crippen LogP contribution in [0.25, 0.3) is 10.9 Å². The van der Waals surface area contributed by atoms with Crippen LogP contribution in [0, 0.1) is 6.92 Å². The summed E-state index contributed by atoms with van der Waals surface area (Å²) in [6.07, 6.45) is 0.877. The van der Waals surface area contributed by atoms with Crippen LogP contribution in [0.15, 0.2) is 12.1 Å². The number of carbonyl (C=O) groups excluding carboxylic acids is 1. The molecule has 3 rings (SSSR count). The fraction of sp³-hybridized carbons (Fsp3) is 0.250. The molecule has 0 unspecified atom stereocenters. The first-order chi connectivity index (χ1) is 7.66. The van der Waals surface area contributed by atoms with E-state index in [1.807, 2.05) is 19.1 Å². The van der Waals surface area contributed by atoms with Gasteiger partial charge in [-0.25, -0.2) is 0 Å². The third-order valence-corrected chi connectivity index (χ3v) is 3.48. The molecule has 4 heteroatoms. The molecule has 1 aliphatic rings. The quantitative estimate of drug-likeness (QED) is 0.723. The zero-order valence-corrected chi connectivity index (χ0v) is 9.61. The maximum absolute atomic E-state index is 11.6. The number of H-pyrrole nitrogens is 1. The Balaban J connectivity index is 2.36. The molecule has 82 valence electrons. The van der Waals surface area contributed by atoms with Gasteiger partial charge in [-0.2, -0.15) is 0 Å². The van der Waals surface area contributed by atoms with Gasteiger partial charge in [-0.1, -0.05) is 11.6 Å². The summed E-state index contributed by atoms with van der Waals surface area (Å²) in [4.78, 5) is 14.8. The summed E-state index contributed by atoms with van der Waals surface area (Å²) in [5.74, 6) is -0.0220. The third kappa shape index (κ3) is 1.25. The van der Waals surface area contributed by atoms with Crippen molar-refractivity contribution < 1.29 is 4.79 Å². The molecule has 16 heavy (non-hydrogen) atoms. The lowest BCUT2D eigenvalue weighted by Gasteiger charge is -2.12. The molecule has 0 saturated carbocycles. The highest BCUT2D eigenvalue weighted by Crippen LogP contribution is 2.29. The Morgan fingerprint density at radius 1 is 1.38 bits per heavy atom. The monoisotopic (exact) mass is 234 g/mol. The van der Waals surface area contributed by atoms with Gasteiger partial charge in [0, 0.05) is 22.5 Å². The second kappa shape index (κ2) is 3.25. The van der Waals surface area contributed by atoms with Crippen LogP contribution in [0.2, 0.25) is 5.02 Å². The fourth-order valence-electron chi connectivity index (χ4n) is 2.22. The molecule has 2 heterocycles. The molecule has 1 aromatic carbocycles. The van der Waals surface area contributed by atoms with Gasteiger partial charge in [-0.05, 0) is 36.6 Å². The Hall–Kier alpha value is -1.48. The number of hydrogen-bond donors (Lipinski definition) is 2. The van der Waals surface area contributed by atoms with Gasteiger partial charge < -0.3 is 10.3 Å². The molecule has 3 nitrogen and oxygen atoms in total. The number of nitrogens with one attached hydrogen (secondary N) is 2. The zero-order chi connectivity index (χ0) is 11.3. The van der Waals surface area contributed by atoms with Crippen molar-refractivity contribution in [3.05, 3.63) is 34.0 Å². The molecule has 1 amide bonds. The van der Waals surface area contributed by atoms with E-state index in [9.17, 15) is 4.79 Å². The van der Waals surface area contributed by atoms with Crippen LogP contribution in [-0.2, 0) is 6.42 Å². The Bertz CT molecular complexity index is 601. The van der Waals surface area contributed by atoms with Crippen LogP contribution >= 0.6 is 11.6 Å². The van der Waals surface area contributed by atoms with Gasteiger partial charge in [-0.3, -0.25) is 4.79 Å². The van der Waals surface area contributed by atoms with E-state index < -0.39 is 0 Å². The molecular formula is C12H11ClN2O. The molecule has 2 N–H and O–H groups in total. The van der Waals surface area contributed by atoms with Gasteiger partial charge in [0.1, 0.15) is 5.69 Å². The molecule has 0 aliphatic carbocycles. The van der Waals surface area contributed by atoms with Crippen molar-refractivity contribution in [1.29, 1.82) is 0 Å². The number of aromatic amines is 1. The summed E-state index contributed by atoms with van der Waals surface area (Å²) in [7, 11) is 0. The van der Waals surface area contributed by atoms with Gasteiger partial charge >= 0.3 is 0 Å². The molecule has 0 saturated heterocycles. The lowest BCUT2D eigenvalue weighted by atomic mass is 10.0. The second-order valence-corrected chi connectivity index (χ2v) is 4.54. The summed E-state index contributed by atoms with van der Waals surface area (Å²) >= 11 is 6.07. The van der Waals surface area contributed by atoms with Crippen molar-refractivity contribution in [1.82, 2.24) is 10.3 Å². The average molecular weight is 235 g/mol. The van der Waals surface area contributed by atoms with Crippen LogP contribution in [-0.4, -0.2) is 17.4 Å². The minimum absolute atomic E-state index is 0.0220. The molecule has 0 spiro atoms. The second-order valence-electron chi connectivity index (χ2n) is 4.13. The van der Waals surface area contributed by atoms with Crippen LogP contribution in [0.1, 0.15) is 21.6 Å². The number of rotatable bonds is 0. The number of benzene rings is 1. The molecular weight excluding hydrogens is 224 g/mol. The third-order valence-electron chi connectivity index (χ3n) is 3.07. The highest BCUT2D eigenvalue weighted by atomic mass is 35.5. The first-order valence-corrected chi connectivity index (χ1v) is 5.63. The van der Waals surface area contributed by atoms with E-state index in [0.29, 0.717) is 12.2 Å². The van der Waals surface area contributed by atoms with Crippen molar-refractivity contribution in [2.24, 2.45) is 0 Å². The Kier molecular flexibility index (Phi) is 1.98. The summed E-state index contributed by atoms with van der Waals surface area (Å²) in [6.45, 7) is 2.69. The first kappa shape index (κ1) is 9.73. The van der Waals surface area contributed by atoms with Gasteiger partial charge in [0.05, 0.1) is 0 Å². The summed E-state index contributed by atoms with van der Waals surface area (Å²) in [5.41, 5.74) is 3.78. The van der Waals surface area contributed by atoms with E-state index in [1.165, 1.54) is 0 Å². The number of amides is 1. The van der Waals surface area contributed by atoms with E-state index in [0.717, 1.165) is 33.5 Å². The molecule has 2 aromatic rings. The van der Waals surface area contributed by atoms with Gasteiger partial charge in [0.25, 0.3) is 5.91 Å². The van der Waals surface area contributed by atoms with Gasteiger partial charge in [0.2, 0.25) is 0 Å². The maximum atomic E-state index is 11.6. The van der Waals surface area contributed by atoms with E-state index in [-0.39, 0.29) is 5.91 Å². The highest BCUT2D eigenvalue weighted by Gasteiger charge is 2.21. The number of aryl methyl sites for hydroxylation is 1. The van der Waals surface area contributed by atoms with E-state index >= 15 is 0 Å². The lowest BCUT2D eigenvalue weighted by molar-refractivity contribution is 0.0942. The average Bonchev–Trinajstić information content (AvgIpc) is 2.59. The SMILES string of the molecule is Cc1cc2c3c([nH]c2cc1Cl)C(=O)NCC3. The topological polar surface area (TPSA) is 44.9 Å². The van der Waals surface area contributed by atoms with E-state index in [2.05, 4.69) is 10.3 Å². The predicted molar refractivity (Wildman–Crippen MR) is 64.1 cm³/mol. The molecule has 0 radical (unpaired) electrons. The normalized spacial score (nSPS) is 15.0. The fourth-order valence-corrected chi connectivity index (χ4v) is 2.39. The largest absolute Gasteiger partial charge is 0.350 e. The Morgan fingerprint density at radius 2 is 2.19 bits per heavy atom. The summed E-state index contributed by atoms with van der Waals surface area (Å²) in [6, 6.07) is 3.93. The summed E-state index contributed by atoms with van der Waals surface area (Å²) in [5, 5.41) is 4.67. The molecule has 1 aliphatic heterocycles. The van der Waals surface area contributed by atoms with Gasteiger partial charge in [0.15, 0.2) is 0 Å². The number of carbonyl (C=O) groups is 1. The van der Waals surface area contributed by atoms with Crippen LogP contribution in [0.5, 0.6) is 0 Å². The van der Waals surface area contributed by atoms with E-state index in [1.54, 1.807) is 0 Å². The van der Waals surface area contributed by atoms with Crippen molar-refractivity contribution in [3.8, 4) is 0 Å². The van der Waals surface area contributed by atoms with Crippen molar-refractivity contribution in [2.75, 3.05) is 6.54 Å². The molecule has 0 fully saturated rings. The van der Waals surface area contributed by atoms with Crippen molar-refractivity contribution >= 4 is 28.4 Å². The first-order valence-electron chi connectivity index (χ1n) is 5.25. The summed E-state index contributed by atoms with van der Waals surface area (Å²) < 4.78 is 0. The minimum Gasteiger partial charge on any atom is -0.350 e. The highest BCUT2D eigenvalue weighted by molar-refractivity contribution is 6.32. The number of fused-ring (bicyclic) bond motifs is 3. The zero-order valence-electron chi connectivity index (χ0n) is 8.86. The Labute approximate surface area is 97.8 Å². The van der Waals surface area contributed by atoms with Crippen molar-refractivity contribution in [2.45, 2.75) is 13.3 Å². The van der Waals surface area contributed by atoms with Crippen molar-refractivity contribution in [3.63, 3.8) is 0 Å². The Morgan fingerprint density at radius 3 is 3.00 bits per heavy atom. The standard InChI is InChI=1S/C12H11ClN2O/c1-6-4-8-7-2-3-14-12(16)11(7)15-10(8)5-9(6)13/h4-5,15H,2-3H2,1H3,(H,14,16). The van der Waals surface area contributed by atoms with E-state index in [4.69, 9.17) is 11.6 Å². The van der Waals surface area contributed by atoms with Gasteiger partial charge in [-0.15, -0.1) is 0 Å². The number of hydrogen-bond acceptors (Lipinski definition) is 1. The minimum atomic E-state index is -0.0220. The lowest BCUT2D eigenvalue weighted by Crippen LogP contribution is -2.31. The van der Waals surface area contributed by atoms with Crippen LogP contribution in [0.3, 0.4) is 0 Å². The van der Waals surface area contributed by atoms with Crippen LogP contribution < -0.4 is 5.32 Å². The number of halogens is 1. The van der Waals surface area contributed by atoms with Crippen LogP contribution in [0.4, 0.5) is 0 Å². The molecule has 0 atom stereocenters. The molecule has 1 aromatic heterocycles. The molecule has 0 bridgehead atoms. The number of aromatic nitrogens is 1.